The van der Waals surface area contributed by atoms with Gasteiger partial charge < -0.3 is 11.5 Å². The van der Waals surface area contributed by atoms with Crippen molar-refractivity contribution in [1.82, 2.24) is 5.32 Å². The van der Waals surface area contributed by atoms with Crippen LogP contribution >= 0.6 is 11.3 Å². The highest BCUT2D eigenvalue weighted by atomic mass is 32.1. The summed E-state index contributed by atoms with van der Waals surface area (Å²) in [7, 11) is 0. The average molecular weight is 253 g/mol. The molecule has 1 aliphatic carbocycles. The second-order valence-corrected chi connectivity index (χ2v) is 5.55. The quantitative estimate of drug-likeness (QED) is 0.702. The van der Waals surface area contributed by atoms with Gasteiger partial charge in [0.2, 0.25) is 0 Å². The summed E-state index contributed by atoms with van der Waals surface area (Å²) in [5.74, 6) is 0.134. The maximum Gasteiger partial charge on any atom is 0.319 e. The topological polar surface area (TPSA) is 98.2 Å². The van der Waals surface area contributed by atoms with Crippen LogP contribution in [0.25, 0.3) is 0 Å². The molecule has 3 amide bonds. The van der Waals surface area contributed by atoms with Crippen LogP contribution in [0.1, 0.15) is 34.1 Å². The number of fused-ring (bicyclic) bond motifs is 1. The molecule has 92 valence electrons. The van der Waals surface area contributed by atoms with E-state index in [0.717, 1.165) is 29.7 Å². The summed E-state index contributed by atoms with van der Waals surface area (Å²) >= 11 is 1.44. The maximum absolute atomic E-state index is 11.8. The number of carbonyl (C=O) groups is 2. The summed E-state index contributed by atoms with van der Waals surface area (Å²) < 4.78 is 0. The molecule has 1 heterocycles. The Bertz CT molecular complexity index is 481. The van der Waals surface area contributed by atoms with E-state index in [0.29, 0.717) is 16.5 Å². The van der Waals surface area contributed by atoms with Crippen molar-refractivity contribution in [2.24, 2.45) is 11.7 Å². The first-order valence-corrected chi connectivity index (χ1v) is 6.31. The third kappa shape index (κ3) is 2.26. The van der Waals surface area contributed by atoms with Crippen LogP contribution in [-0.4, -0.2) is 11.9 Å². The van der Waals surface area contributed by atoms with Gasteiger partial charge in [-0.15, -0.1) is 11.3 Å². The predicted octanol–water partition coefficient (Wildman–Crippen LogP) is 1.26. The van der Waals surface area contributed by atoms with E-state index in [4.69, 9.17) is 11.5 Å². The lowest BCUT2D eigenvalue weighted by Crippen LogP contribution is -2.35. The Kier molecular flexibility index (Phi) is 3.06. The SMILES string of the molecule is C[C@@H]1CCc2c(sc(N)c2C(=O)NC(N)=O)C1. The molecule has 1 aliphatic rings. The molecule has 0 aliphatic heterocycles. The number of nitrogens with two attached hydrogens (primary N) is 2. The minimum atomic E-state index is -0.849. The van der Waals surface area contributed by atoms with Crippen molar-refractivity contribution in [2.45, 2.75) is 26.2 Å². The Hall–Kier alpha value is -1.56. The molecule has 0 unspecified atom stereocenters. The highest BCUT2D eigenvalue weighted by molar-refractivity contribution is 7.16. The van der Waals surface area contributed by atoms with Crippen LogP contribution in [0.2, 0.25) is 0 Å². The molecule has 1 aromatic heterocycles. The fourth-order valence-corrected chi connectivity index (χ4v) is 3.47. The first-order valence-electron chi connectivity index (χ1n) is 5.49. The summed E-state index contributed by atoms with van der Waals surface area (Å²) in [5.41, 5.74) is 12.2. The van der Waals surface area contributed by atoms with Gasteiger partial charge in [-0.2, -0.15) is 0 Å². The number of hydrogen-bond donors (Lipinski definition) is 3. The van der Waals surface area contributed by atoms with Crippen LogP contribution in [0.4, 0.5) is 9.80 Å². The molecule has 6 heteroatoms. The number of rotatable bonds is 1. The first kappa shape index (κ1) is 11.9. The van der Waals surface area contributed by atoms with Crippen molar-refractivity contribution in [2.75, 3.05) is 5.73 Å². The molecule has 0 saturated heterocycles. The molecule has 17 heavy (non-hydrogen) atoms. The molecule has 0 radical (unpaired) electrons. The fraction of sp³-hybridized carbons (Fsp3) is 0.455. The van der Waals surface area contributed by atoms with Gasteiger partial charge in [0.15, 0.2) is 0 Å². The second-order valence-electron chi connectivity index (χ2n) is 4.41. The maximum atomic E-state index is 11.8. The number of primary amides is 1. The highest BCUT2D eigenvalue weighted by Crippen LogP contribution is 2.37. The molecule has 0 saturated carbocycles. The van der Waals surface area contributed by atoms with E-state index < -0.39 is 11.9 Å². The molecule has 0 spiro atoms. The summed E-state index contributed by atoms with van der Waals surface area (Å²) in [4.78, 5) is 23.7. The van der Waals surface area contributed by atoms with E-state index in [9.17, 15) is 9.59 Å². The largest absolute Gasteiger partial charge is 0.390 e. The Balaban J connectivity index is 2.35. The third-order valence-corrected chi connectivity index (χ3v) is 4.09. The zero-order valence-corrected chi connectivity index (χ0v) is 10.4. The number of carbonyl (C=O) groups excluding carboxylic acids is 2. The van der Waals surface area contributed by atoms with Gasteiger partial charge in [-0.25, -0.2) is 4.79 Å². The normalized spacial score (nSPS) is 18.5. The van der Waals surface area contributed by atoms with E-state index >= 15 is 0 Å². The van der Waals surface area contributed by atoms with Crippen molar-refractivity contribution in [1.29, 1.82) is 0 Å². The highest BCUT2D eigenvalue weighted by Gasteiger charge is 2.26. The molecule has 5 nitrogen and oxygen atoms in total. The summed E-state index contributed by atoms with van der Waals surface area (Å²) in [6, 6.07) is -0.849. The number of imide groups is 1. The van der Waals surface area contributed by atoms with Crippen molar-refractivity contribution in [3.05, 3.63) is 16.0 Å². The van der Waals surface area contributed by atoms with E-state index in [2.05, 4.69) is 12.2 Å². The van der Waals surface area contributed by atoms with Gasteiger partial charge in [0.1, 0.15) is 0 Å². The fourth-order valence-electron chi connectivity index (χ4n) is 2.20. The Morgan fingerprint density at radius 2 is 2.18 bits per heavy atom. The summed E-state index contributed by atoms with van der Waals surface area (Å²) in [6.45, 7) is 2.18. The number of nitrogen functional groups attached to an aromatic ring is 1. The molecule has 0 bridgehead atoms. The number of anilines is 1. The van der Waals surface area contributed by atoms with Gasteiger partial charge in [-0.05, 0) is 30.7 Å². The standard InChI is InChI=1S/C11H15N3O2S/c1-5-2-3-6-7(4-5)17-9(12)8(6)10(15)14-11(13)16/h5H,2-4,12H2,1H3,(H3,13,14,15,16)/t5-/m1/s1. The lowest BCUT2D eigenvalue weighted by Gasteiger charge is -2.18. The molecular weight excluding hydrogens is 238 g/mol. The molecule has 5 N–H and O–H groups in total. The Morgan fingerprint density at radius 3 is 2.82 bits per heavy atom. The zero-order chi connectivity index (χ0) is 12.6. The molecular formula is C11H15N3O2S. The summed E-state index contributed by atoms with van der Waals surface area (Å²) in [6.07, 6.45) is 2.83. The van der Waals surface area contributed by atoms with Gasteiger partial charge in [-0.3, -0.25) is 10.1 Å². The van der Waals surface area contributed by atoms with Crippen molar-refractivity contribution < 1.29 is 9.59 Å². The van der Waals surface area contributed by atoms with E-state index in [1.54, 1.807) is 0 Å². The monoisotopic (exact) mass is 253 g/mol. The predicted molar refractivity (Wildman–Crippen MR) is 67.0 cm³/mol. The Labute approximate surface area is 103 Å². The van der Waals surface area contributed by atoms with Crippen molar-refractivity contribution in [3.63, 3.8) is 0 Å². The van der Waals surface area contributed by atoms with Crippen molar-refractivity contribution in [3.8, 4) is 0 Å². The average Bonchev–Trinajstić information content (AvgIpc) is 2.51. The molecule has 0 fully saturated rings. The Morgan fingerprint density at radius 1 is 1.47 bits per heavy atom. The number of hydrogen-bond acceptors (Lipinski definition) is 4. The van der Waals surface area contributed by atoms with Crippen LogP contribution in [0.15, 0.2) is 0 Å². The van der Waals surface area contributed by atoms with Crippen LogP contribution < -0.4 is 16.8 Å². The molecule has 1 aromatic rings. The van der Waals surface area contributed by atoms with Gasteiger partial charge in [-0.1, -0.05) is 6.92 Å². The van der Waals surface area contributed by atoms with Crippen LogP contribution in [0.5, 0.6) is 0 Å². The van der Waals surface area contributed by atoms with Gasteiger partial charge >= 0.3 is 6.03 Å². The van der Waals surface area contributed by atoms with E-state index in [1.807, 2.05) is 0 Å². The van der Waals surface area contributed by atoms with Crippen molar-refractivity contribution >= 4 is 28.3 Å². The van der Waals surface area contributed by atoms with Gasteiger partial charge in [0, 0.05) is 4.88 Å². The van der Waals surface area contributed by atoms with Crippen LogP contribution in [-0.2, 0) is 12.8 Å². The summed E-state index contributed by atoms with van der Waals surface area (Å²) in [5, 5.41) is 2.55. The third-order valence-electron chi connectivity index (χ3n) is 3.00. The minimum Gasteiger partial charge on any atom is -0.390 e. The molecule has 1 atom stereocenters. The van der Waals surface area contributed by atoms with Crippen LogP contribution in [0.3, 0.4) is 0 Å². The number of thiophene rings is 1. The lowest BCUT2D eigenvalue weighted by atomic mass is 9.88. The van der Waals surface area contributed by atoms with Crippen LogP contribution in [0, 0.1) is 5.92 Å². The first-order chi connectivity index (χ1) is 7.99. The smallest absolute Gasteiger partial charge is 0.319 e. The zero-order valence-electron chi connectivity index (χ0n) is 9.58. The minimum absolute atomic E-state index is 0.440. The number of amides is 3. The van der Waals surface area contributed by atoms with E-state index in [-0.39, 0.29) is 0 Å². The van der Waals surface area contributed by atoms with E-state index in [1.165, 1.54) is 11.3 Å². The number of urea groups is 1. The molecule has 0 aromatic carbocycles. The van der Waals surface area contributed by atoms with Gasteiger partial charge in [0.05, 0.1) is 10.6 Å². The lowest BCUT2D eigenvalue weighted by molar-refractivity contribution is 0.0966. The number of nitrogens with one attached hydrogen (secondary N) is 1. The van der Waals surface area contributed by atoms with Gasteiger partial charge in [0.25, 0.3) is 5.91 Å². The second kappa shape index (κ2) is 4.37. The molecule has 2 rings (SSSR count).